The van der Waals surface area contributed by atoms with Gasteiger partial charge in [0.2, 0.25) is 0 Å². The van der Waals surface area contributed by atoms with Gasteiger partial charge in [0.25, 0.3) is 0 Å². The van der Waals surface area contributed by atoms with Gasteiger partial charge < -0.3 is 10.0 Å². The molecule has 1 aliphatic rings. The summed E-state index contributed by atoms with van der Waals surface area (Å²) >= 11 is 0. The van der Waals surface area contributed by atoms with Crippen LogP contribution in [-0.2, 0) is 4.79 Å². The summed E-state index contributed by atoms with van der Waals surface area (Å²) in [5, 5.41) is 8.67. The second-order valence-corrected chi connectivity index (χ2v) is 4.47. The van der Waals surface area contributed by atoms with Gasteiger partial charge in [0.15, 0.2) is 0 Å². The molecule has 0 amide bonds. The number of nitrogens with zero attached hydrogens (tertiary/aromatic N) is 2. The lowest BCUT2D eigenvalue weighted by atomic mass is 9.96. The van der Waals surface area contributed by atoms with Crippen LogP contribution in [0.3, 0.4) is 0 Å². The van der Waals surface area contributed by atoms with E-state index in [0.29, 0.717) is 0 Å². The van der Waals surface area contributed by atoms with E-state index in [4.69, 9.17) is 5.11 Å². The summed E-state index contributed by atoms with van der Waals surface area (Å²) in [6, 6.07) is 0. The number of piperidine rings is 1. The number of hydrogen-bond donors (Lipinski definition) is 1. The van der Waals surface area contributed by atoms with Crippen LogP contribution in [0, 0.1) is 5.92 Å². The van der Waals surface area contributed by atoms with Crippen molar-refractivity contribution >= 4 is 5.97 Å². The molecule has 0 aromatic carbocycles. The van der Waals surface area contributed by atoms with Crippen molar-refractivity contribution in [2.75, 3.05) is 39.8 Å². The smallest absolute Gasteiger partial charge is 0.317 e. The van der Waals surface area contributed by atoms with Crippen molar-refractivity contribution in [3.8, 4) is 0 Å². The van der Waals surface area contributed by atoms with E-state index >= 15 is 0 Å². The molecule has 1 heterocycles. The highest BCUT2D eigenvalue weighted by Crippen LogP contribution is 2.17. The molecule has 0 saturated carbocycles. The number of carbonyl (C=O) groups is 1. The van der Waals surface area contributed by atoms with E-state index in [9.17, 15) is 4.79 Å². The van der Waals surface area contributed by atoms with Gasteiger partial charge in [-0.1, -0.05) is 6.92 Å². The molecule has 88 valence electrons. The molecule has 4 nitrogen and oxygen atoms in total. The molecule has 1 fully saturated rings. The molecular weight excluding hydrogens is 192 g/mol. The molecule has 1 aliphatic heterocycles. The lowest BCUT2D eigenvalue weighted by Crippen LogP contribution is -2.40. The van der Waals surface area contributed by atoms with Gasteiger partial charge in [-0.2, -0.15) is 0 Å². The van der Waals surface area contributed by atoms with Crippen LogP contribution in [0.2, 0.25) is 0 Å². The van der Waals surface area contributed by atoms with Gasteiger partial charge in [0.05, 0.1) is 6.54 Å². The fourth-order valence-electron chi connectivity index (χ4n) is 2.09. The summed E-state index contributed by atoms with van der Waals surface area (Å²) in [5.74, 6) is 0.0409. The van der Waals surface area contributed by atoms with Gasteiger partial charge in [-0.3, -0.25) is 9.69 Å². The first-order valence-electron chi connectivity index (χ1n) is 5.74. The zero-order chi connectivity index (χ0) is 11.3. The first-order valence-corrected chi connectivity index (χ1v) is 5.74. The van der Waals surface area contributed by atoms with E-state index in [0.717, 1.165) is 44.9 Å². The molecule has 0 aromatic heterocycles. The Bertz CT molecular complexity index is 201. The van der Waals surface area contributed by atoms with Crippen LogP contribution in [0.25, 0.3) is 0 Å². The molecule has 1 rings (SSSR count). The van der Waals surface area contributed by atoms with Gasteiger partial charge in [-0.15, -0.1) is 0 Å². The Morgan fingerprint density at radius 2 is 2.07 bits per heavy atom. The number of carboxylic acids is 1. The quantitative estimate of drug-likeness (QED) is 0.733. The van der Waals surface area contributed by atoms with Gasteiger partial charge >= 0.3 is 5.97 Å². The second-order valence-electron chi connectivity index (χ2n) is 4.47. The topological polar surface area (TPSA) is 43.8 Å². The van der Waals surface area contributed by atoms with Crippen LogP contribution in [0.5, 0.6) is 0 Å². The first-order chi connectivity index (χ1) is 7.11. The van der Waals surface area contributed by atoms with Crippen molar-refractivity contribution < 1.29 is 9.90 Å². The van der Waals surface area contributed by atoms with Crippen molar-refractivity contribution in [2.24, 2.45) is 5.92 Å². The van der Waals surface area contributed by atoms with Gasteiger partial charge in [0.1, 0.15) is 0 Å². The van der Waals surface area contributed by atoms with Crippen LogP contribution in [-0.4, -0.2) is 60.6 Å². The summed E-state index contributed by atoms with van der Waals surface area (Å²) in [5.41, 5.74) is 0. The van der Waals surface area contributed by atoms with E-state index < -0.39 is 5.97 Å². The first kappa shape index (κ1) is 12.5. The monoisotopic (exact) mass is 214 g/mol. The number of hydrogen-bond acceptors (Lipinski definition) is 3. The third-order valence-electron chi connectivity index (χ3n) is 3.18. The summed E-state index contributed by atoms with van der Waals surface area (Å²) < 4.78 is 0. The summed E-state index contributed by atoms with van der Waals surface area (Å²) in [7, 11) is 2.14. The van der Waals surface area contributed by atoms with Crippen LogP contribution in [0.4, 0.5) is 0 Å². The Morgan fingerprint density at radius 1 is 1.47 bits per heavy atom. The third-order valence-corrected chi connectivity index (χ3v) is 3.18. The minimum absolute atomic E-state index is 0.205. The highest BCUT2D eigenvalue weighted by Gasteiger charge is 2.21. The van der Waals surface area contributed by atoms with Crippen molar-refractivity contribution in [3.63, 3.8) is 0 Å². The molecule has 0 spiro atoms. The maximum Gasteiger partial charge on any atom is 0.317 e. The fourth-order valence-corrected chi connectivity index (χ4v) is 2.09. The van der Waals surface area contributed by atoms with E-state index in [2.05, 4.69) is 18.9 Å². The Hall–Kier alpha value is -0.610. The maximum atomic E-state index is 10.5. The average Bonchev–Trinajstić information content (AvgIpc) is 2.20. The highest BCUT2D eigenvalue weighted by molar-refractivity contribution is 5.69. The largest absolute Gasteiger partial charge is 0.480 e. The predicted molar refractivity (Wildman–Crippen MR) is 60.0 cm³/mol. The zero-order valence-electron chi connectivity index (χ0n) is 9.78. The Morgan fingerprint density at radius 3 is 2.53 bits per heavy atom. The lowest BCUT2D eigenvalue weighted by Gasteiger charge is -2.32. The average molecular weight is 214 g/mol. The molecule has 4 heteroatoms. The summed E-state index contributed by atoms with van der Waals surface area (Å²) in [6.45, 7) is 6.49. The minimum Gasteiger partial charge on any atom is -0.480 e. The zero-order valence-corrected chi connectivity index (χ0v) is 9.78. The van der Waals surface area contributed by atoms with Crippen LogP contribution >= 0.6 is 0 Å². The predicted octanol–water partition coefficient (Wildman–Crippen LogP) is 0.735. The number of rotatable bonds is 5. The van der Waals surface area contributed by atoms with Crippen molar-refractivity contribution in [1.29, 1.82) is 0 Å². The second kappa shape index (κ2) is 6.08. The molecule has 0 atom stereocenters. The Kier molecular flexibility index (Phi) is 5.05. The van der Waals surface area contributed by atoms with Gasteiger partial charge in [-0.25, -0.2) is 0 Å². The molecule has 15 heavy (non-hydrogen) atoms. The van der Waals surface area contributed by atoms with E-state index in [-0.39, 0.29) is 6.54 Å². The van der Waals surface area contributed by atoms with Crippen molar-refractivity contribution in [3.05, 3.63) is 0 Å². The van der Waals surface area contributed by atoms with E-state index in [1.54, 1.807) is 0 Å². The fraction of sp³-hybridized carbons (Fsp3) is 0.909. The van der Waals surface area contributed by atoms with Crippen LogP contribution in [0.15, 0.2) is 0 Å². The molecule has 0 aromatic rings. The Labute approximate surface area is 91.9 Å². The van der Waals surface area contributed by atoms with Crippen molar-refractivity contribution in [1.82, 2.24) is 9.80 Å². The van der Waals surface area contributed by atoms with Crippen LogP contribution < -0.4 is 0 Å². The summed E-state index contributed by atoms with van der Waals surface area (Å²) in [6.07, 6.45) is 2.27. The molecule has 1 N–H and O–H groups in total. The number of likely N-dealkylation sites (tertiary alicyclic amines) is 1. The Balaban J connectivity index is 2.20. The molecule has 0 radical (unpaired) electrons. The minimum atomic E-state index is -0.709. The number of carboxylic acid groups (broad SMARTS) is 1. The normalized spacial score (nSPS) is 19.7. The molecular formula is C11H22N2O2. The molecule has 0 bridgehead atoms. The van der Waals surface area contributed by atoms with Gasteiger partial charge in [-0.05, 0) is 45.4 Å². The summed E-state index contributed by atoms with van der Waals surface area (Å²) in [4.78, 5) is 14.9. The van der Waals surface area contributed by atoms with Crippen molar-refractivity contribution in [2.45, 2.75) is 19.8 Å². The van der Waals surface area contributed by atoms with E-state index in [1.807, 2.05) is 4.90 Å². The number of aliphatic carboxylic acids is 1. The lowest BCUT2D eigenvalue weighted by molar-refractivity contribution is -0.138. The molecule has 1 saturated heterocycles. The van der Waals surface area contributed by atoms with Crippen LogP contribution in [0.1, 0.15) is 19.8 Å². The van der Waals surface area contributed by atoms with Gasteiger partial charge in [0, 0.05) is 6.54 Å². The third kappa shape index (κ3) is 4.62. The SMILES string of the molecule is CCN(C)CC1CCN(CC(=O)O)CC1. The highest BCUT2D eigenvalue weighted by atomic mass is 16.4. The maximum absolute atomic E-state index is 10.5. The molecule has 0 aliphatic carbocycles. The molecule has 0 unspecified atom stereocenters. The standard InChI is InChI=1S/C11H22N2O2/c1-3-12(2)8-10-4-6-13(7-5-10)9-11(14)15/h10H,3-9H2,1-2H3,(H,14,15). The van der Waals surface area contributed by atoms with E-state index in [1.165, 1.54) is 0 Å².